The highest BCUT2D eigenvalue weighted by Crippen LogP contribution is 2.30. The van der Waals surface area contributed by atoms with Crippen LogP contribution in [0.25, 0.3) is 0 Å². The van der Waals surface area contributed by atoms with Crippen LogP contribution in [0.3, 0.4) is 0 Å². The minimum Gasteiger partial charge on any atom is -0.349 e. The van der Waals surface area contributed by atoms with Gasteiger partial charge in [0, 0.05) is 20.0 Å². The number of rotatable bonds is 3. The third-order valence-electron chi connectivity index (χ3n) is 2.36. The number of carbonyl (C=O) groups is 1. The van der Waals surface area contributed by atoms with E-state index in [0.717, 1.165) is 12.8 Å². The molecular weight excluding hydrogens is 162 g/mol. The molecule has 13 heavy (non-hydrogen) atoms. The van der Waals surface area contributed by atoms with E-state index in [1.807, 2.05) is 14.1 Å². The van der Waals surface area contributed by atoms with Crippen LogP contribution in [0.4, 0.5) is 0 Å². The van der Waals surface area contributed by atoms with Gasteiger partial charge in [-0.25, -0.2) is 0 Å². The van der Waals surface area contributed by atoms with Crippen molar-refractivity contribution in [2.45, 2.75) is 40.5 Å². The first-order valence-corrected chi connectivity index (χ1v) is 5.01. The van der Waals surface area contributed by atoms with Gasteiger partial charge in [-0.2, -0.15) is 0 Å². The molecule has 0 aromatic carbocycles. The van der Waals surface area contributed by atoms with E-state index >= 15 is 0 Å². The molecule has 0 aliphatic rings. The fourth-order valence-electron chi connectivity index (χ4n) is 1.53. The predicted octanol–water partition coefficient (Wildman–Crippen LogP) is 2.54. The van der Waals surface area contributed by atoms with E-state index in [-0.39, 0.29) is 17.2 Å². The summed E-state index contributed by atoms with van der Waals surface area (Å²) in [4.78, 5) is 13.5. The van der Waals surface area contributed by atoms with Crippen LogP contribution < -0.4 is 0 Å². The Morgan fingerprint density at radius 3 is 2.00 bits per heavy atom. The van der Waals surface area contributed by atoms with Crippen molar-refractivity contribution in [3.05, 3.63) is 0 Å². The highest BCUT2D eigenvalue weighted by atomic mass is 16.2. The molecule has 0 aliphatic heterocycles. The molecule has 0 aromatic heterocycles. The van der Waals surface area contributed by atoms with Gasteiger partial charge in [-0.1, -0.05) is 34.1 Å². The molecule has 0 bridgehead atoms. The summed E-state index contributed by atoms with van der Waals surface area (Å²) in [6, 6.07) is 0. The number of nitrogens with zero attached hydrogens (tertiary/aromatic N) is 1. The molecule has 78 valence electrons. The highest BCUT2D eigenvalue weighted by Gasteiger charge is 2.31. The van der Waals surface area contributed by atoms with Crippen LogP contribution in [0.1, 0.15) is 40.5 Å². The topological polar surface area (TPSA) is 20.3 Å². The standard InChI is InChI=1S/C11H23NO/c1-7-8-9(11(2,3)4)10(13)12(5)6/h9H,7-8H2,1-6H3. The van der Waals surface area contributed by atoms with Crippen molar-refractivity contribution in [3.8, 4) is 0 Å². The Bertz CT molecular complexity index is 167. The largest absolute Gasteiger partial charge is 0.349 e. The fourth-order valence-corrected chi connectivity index (χ4v) is 1.53. The summed E-state index contributed by atoms with van der Waals surface area (Å²) in [5, 5.41) is 0. The first-order valence-electron chi connectivity index (χ1n) is 5.01. The maximum atomic E-state index is 11.8. The van der Waals surface area contributed by atoms with Crippen LogP contribution in [0.2, 0.25) is 0 Å². The smallest absolute Gasteiger partial charge is 0.225 e. The Kier molecular flexibility index (Phi) is 4.45. The molecule has 0 heterocycles. The zero-order valence-electron chi connectivity index (χ0n) is 9.85. The van der Waals surface area contributed by atoms with Crippen LogP contribution in [-0.2, 0) is 4.79 Å². The molecule has 0 N–H and O–H groups in total. The quantitative estimate of drug-likeness (QED) is 0.661. The summed E-state index contributed by atoms with van der Waals surface area (Å²) in [7, 11) is 3.66. The van der Waals surface area contributed by atoms with E-state index in [1.54, 1.807) is 4.90 Å². The van der Waals surface area contributed by atoms with Crippen LogP contribution in [0.15, 0.2) is 0 Å². The Morgan fingerprint density at radius 1 is 1.31 bits per heavy atom. The minimum absolute atomic E-state index is 0.0807. The maximum Gasteiger partial charge on any atom is 0.225 e. The van der Waals surface area contributed by atoms with E-state index in [1.165, 1.54) is 0 Å². The van der Waals surface area contributed by atoms with Crippen LogP contribution in [0, 0.1) is 11.3 Å². The molecule has 1 amide bonds. The monoisotopic (exact) mass is 185 g/mol. The number of carbonyl (C=O) groups excluding carboxylic acids is 1. The van der Waals surface area contributed by atoms with Crippen LogP contribution >= 0.6 is 0 Å². The average molecular weight is 185 g/mol. The summed E-state index contributed by atoms with van der Waals surface area (Å²) in [5.74, 6) is 0.418. The zero-order chi connectivity index (χ0) is 10.6. The van der Waals surface area contributed by atoms with Crippen LogP contribution in [-0.4, -0.2) is 24.9 Å². The molecule has 0 aromatic rings. The summed E-state index contributed by atoms with van der Waals surface area (Å²) < 4.78 is 0. The molecule has 2 nitrogen and oxygen atoms in total. The van der Waals surface area contributed by atoms with Gasteiger partial charge in [-0.3, -0.25) is 4.79 Å². The van der Waals surface area contributed by atoms with E-state index in [4.69, 9.17) is 0 Å². The lowest BCUT2D eigenvalue weighted by molar-refractivity contribution is -0.136. The lowest BCUT2D eigenvalue weighted by Gasteiger charge is -2.31. The molecule has 2 heteroatoms. The molecule has 0 rings (SSSR count). The average Bonchev–Trinajstić information content (AvgIpc) is 1.96. The van der Waals surface area contributed by atoms with Gasteiger partial charge in [0.05, 0.1) is 0 Å². The van der Waals surface area contributed by atoms with Crippen molar-refractivity contribution < 1.29 is 4.79 Å². The Morgan fingerprint density at radius 2 is 1.77 bits per heavy atom. The van der Waals surface area contributed by atoms with Crippen molar-refractivity contribution in [1.29, 1.82) is 0 Å². The number of hydrogen-bond acceptors (Lipinski definition) is 1. The third-order valence-corrected chi connectivity index (χ3v) is 2.36. The first kappa shape index (κ1) is 12.5. The van der Waals surface area contributed by atoms with Gasteiger partial charge >= 0.3 is 0 Å². The van der Waals surface area contributed by atoms with Crippen molar-refractivity contribution in [2.24, 2.45) is 11.3 Å². The Hall–Kier alpha value is -0.530. The van der Waals surface area contributed by atoms with Gasteiger partial charge in [-0.15, -0.1) is 0 Å². The van der Waals surface area contributed by atoms with E-state index in [0.29, 0.717) is 0 Å². The Labute approximate surface area is 82.3 Å². The summed E-state index contributed by atoms with van der Waals surface area (Å²) >= 11 is 0. The van der Waals surface area contributed by atoms with Gasteiger partial charge in [0.25, 0.3) is 0 Å². The van der Waals surface area contributed by atoms with Crippen molar-refractivity contribution in [1.82, 2.24) is 4.90 Å². The number of hydrogen-bond donors (Lipinski definition) is 0. The second-order valence-corrected chi connectivity index (χ2v) is 4.94. The molecule has 1 atom stereocenters. The van der Waals surface area contributed by atoms with E-state index < -0.39 is 0 Å². The SMILES string of the molecule is CCCC(C(=O)N(C)C)C(C)(C)C. The highest BCUT2D eigenvalue weighted by molar-refractivity contribution is 5.78. The zero-order valence-corrected chi connectivity index (χ0v) is 9.85. The molecule has 1 unspecified atom stereocenters. The molecule has 0 spiro atoms. The predicted molar refractivity (Wildman–Crippen MR) is 56.5 cm³/mol. The van der Waals surface area contributed by atoms with Crippen LogP contribution in [0.5, 0.6) is 0 Å². The lowest BCUT2D eigenvalue weighted by Crippen LogP contribution is -2.37. The molecule has 0 radical (unpaired) electrons. The summed E-state index contributed by atoms with van der Waals surface area (Å²) in [6.07, 6.45) is 2.06. The fraction of sp³-hybridized carbons (Fsp3) is 0.909. The molecule has 0 saturated carbocycles. The second kappa shape index (κ2) is 4.64. The van der Waals surface area contributed by atoms with Gasteiger partial charge in [0.15, 0.2) is 0 Å². The first-order chi connectivity index (χ1) is 5.80. The van der Waals surface area contributed by atoms with Crippen molar-refractivity contribution >= 4 is 5.91 Å². The van der Waals surface area contributed by atoms with Gasteiger partial charge in [-0.05, 0) is 11.8 Å². The second-order valence-electron chi connectivity index (χ2n) is 4.94. The van der Waals surface area contributed by atoms with Crippen molar-refractivity contribution in [3.63, 3.8) is 0 Å². The van der Waals surface area contributed by atoms with Gasteiger partial charge < -0.3 is 4.90 Å². The molecule has 0 saturated heterocycles. The lowest BCUT2D eigenvalue weighted by atomic mass is 9.77. The molecule has 0 fully saturated rings. The maximum absolute atomic E-state index is 11.8. The summed E-state index contributed by atoms with van der Waals surface area (Å²) in [6.45, 7) is 8.53. The van der Waals surface area contributed by atoms with Gasteiger partial charge in [0.2, 0.25) is 5.91 Å². The van der Waals surface area contributed by atoms with E-state index in [9.17, 15) is 4.79 Å². The van der Waals surface area contributed by atoms with Gasteiger partial charge in [0.1, 0.15) is 0 Å². The molecule has 0 aliphatic carbocycles. The molecular formula is C11H23NO. The normalized spacial score (nSPS) is 14.0. The Balaban J connectivity index is 4.52. The third kappa shape index (κ3) is 3.79. The van der Waals surface area contributed by atoms with E-state index in [2.05, 4.69) is 27.7 Å². The number of amides is 1. The van der Waals surface area contributed by atoms with Crippen molar-refractivity contribution in [2.75, 3.05) is 14.1 Å². The minimum atomic E-state index is 0.0807. The summed E-state index contributed by atoms with van der Waals surface area (Å²) in [5.41, 5.74) is 0.0807.